The predicted octanol–water partition coefficient (Wildman–Crippen LogP) is 0.250. The maximum Gasteiger partial charge on any atom is 0.221 e. The van der Waals surface area contributed by atoms with E-state index in [4.69, 9.17) is 5.73 Å². The topological polar surface area (TPSA) is 97.3 Å². The minimum absolute atomic E-state index is 0.00765. The molecular formula is C11H16N6O. The van der Waals surface area contributed by atoms with Gasteiger partial charge in [0.05, 0.1) is 6.20 Å². The second-order valence-electron chi connectivity index (χ2n) is 3.80. The summed E-state index contributed by atoms with van der Waals surface area (Å²) in [6.45, 7) is 3.02. The third-order valence-corrected chi connectivity index (χ3v) is 2.41. The molecule has 0 saturated heterocycles. The van der Waals surface area contributed by atoms with E-state index < -0.39 is 0 Å². The number of carbonyl (C=O) groups excluding carboxylic acids is 1. The second kappa shape index (κ2) is 5.35. The number of carbonyl (C=O) groups is 1. The van der Waals surface area contributed by atoms with Crippen LogP contribution in [-0.2, 0) is 4.79 Å². The van der Waals surface area contributed by atoms with Gasteiger partial charge in [0.15, 0.2) is 11.5 Å². The number of nitrogens with one attached hydrogen (secondary N) is 2. The Hall–Kier alpha value is -2.31. The van der Waals surface area contributed by atoms with Crippen molar-refractivity contribution in [2.75, 3.05) is 24.1 Å². The normalized spacial score (nSPS) is 10.5. The molecule has 7 heteroatoms. The standard InChI is InChI=1S/C11H16N6O/c1-2-13-9(18)3-4-14-10-11-15-5-6-17(11)7-8(12)16-10/h5-7H,2-4,12H2,1H3,(H,13,18)(H,14,16). The molecule has 0 bridgehead atoms. The van der Waals surface area contributed by atoms with Crippen molar-refractivity contribution in [2.24, 2.45) is 0 Å². The van der Waals surface area contributed by atoms with Crippen molar-refractivity contribution in [1.29, 1.82) is 0 Å². The van der Waals surface area contributed by atoms with Gasteiger partial charge in [0.25, 0.3) is 0 Å². The number of aromatic nitrogens is 3. The number of rotatable bonds is 5. The molecule has 0 atom stereocenters. The van der Waals surface area contributed by atoms with Crippen molar-refractivity contribution < 1.29 is 4.79 Å². The molecule has 0 unspecified atom stereocenters. The van der Waals surface area contributed by atoms with Crippen LogP contribution >= 0.6 is 0 Å². The lowest BCUT2D eigenvalue weighted by Gasteiger charge is -2.07. The van der Waals surface area contributed by atoms with Crippen molar-refractivity contribution in [3.63, 3.8) is 0 Å². The molecule has 2 aromatic heterocycles. The molecule has 2 heterocycles. The molecule has 0 aliphatic heterocycles. The first-order valence-corrected chi connectivity index (χ1v) is 5.80. The predicted molar refractivity (Wildman–Crippen MR) is 69.2 cm³/mol. The quantitative estimate of drug-likeness (QED) is 0.704. The Morgan fingerprint density at radius 2 is 2.39 bits per heavy atom. The summed E-state index contributed by atoms with van der Waals surface area (Å²) in [5.74, 6) is 0.999. The fourth-order valence-corrected chi connectivity index (χ4v) is 1.65. The van der Waals surface area contributed by atoms with Crippen LogP contribution in [0.1, 0.15) is 13.3 Å². The van der Waals surface area contributed by atoms with E-state index in [1.54, 1.807) is 23.0 Å². The van der Waals surface area contributed by atoms with Crippen molar-refractivity contribution in [3.8, 4) is 0 Å². The van der Waals surface area contributed by atoms with E-state index in [1.807, 2.05) is 6.92 Å². The van der Waals surface area contributed by atoms with Gasteiger partial charge in [-0.25, -0.2) is 9.97 Å². The largest absolute Gasteiger partial charge is 0.382 e. The number of amides is 1. The molecule has 1 amide bonds. The number of nitrogens with zero attached hydrogens (tertiary/aromatic N) is 3. The van der Waals surface area contributed by atoms with Gasteiger partial charge in [0.1, 0.15) is 5.82 Å². The number of hydrogen-bond donors (Lipinski definition) is 3. The average Bonchev–Trinajstić information content (AvgIpc) is 2.77. The number of anilines is 2. The summed E-state index contributed by atoms with van der Waals surface area (Å²) in [6, 6.07) is 0. The number of nitrogen functional groups attached to an aromatic ring is 1. The fourth-order valence-electron chi connectivity index (χ4n) is 1.65. The highest BCUT2D eigenvalue weighted by Gasteiger charge is 2.06. The number of fused-ring (bicyclic) bond motifs is 1. The molecule has 7 nitrogen and oxygen atoms in total. The van der Waals surface area contributed by atoms with Gasteiger partial charge in [-0.15, -0.1) is 0 Å². The van der Waals surface area contributed by atoms with Gasteiger partial charge in [-0.05, 0) is 6.92 Å². The molecule has 0 aliphatic carbocycles. The maximum absolute atomic E-state index is 11.3. The molecule has 4 N–H and O–H groups in total. The Balaban J connectivity index is 2.03. The van der Waals surface area contributed by atoms with Gasteiger partial charge in [-0.2, -0.15) is 0 Å². The van der Waals surface area contributed by atoms with Crippen LogP contribution < -0.4 is 16.4 Å². The molecule has 0 aromatic carbocycles. The van der Waals surface area contributed by atoms with E-state index in [0.29, 0.717) is 36.8 Å². The molecule has 0 saturated carbocycles. The van der Waals surface area contributed by atoms with Gasteiger partial charge in [-0.1, -0.05) is 0 Å². The van der Waals surface area contributed by atoms with Gasteiger partial charge in [0.2, 0.25) is 5.91 Å². The van der Waals surface area contributed by atoms with E-state index in [9.17, 15) is 4.79 Å². The number of nitrogens with two attached hydrogens (primary N) is 1. The highest BCUT2D eigenvalue weighted by Crippen LogP contribution is 2.14. The molecule has 96 valence electrons. The Bertz CT molecular complexity index is 549. The monoisotopic (exact) mass is 248 g/mol. The maximum atomic E-state index is 11.3. The number of imidazole rings is 1. The summed E-state index contributed by atoms with van der Waals surface area (Å²) in [5, 5.41) is 5.80. The van der Waals surface area contributed by atoms with Gasteiger partial charge in [-0.3, -0.25) is 4.79 Å². The highest BCUT2D eigenvalue weighted by atomic mass is 16.1. The first-order valence-electron chi connectivity index (χ1n) is 5.80. The van der Waals surface area contributed by atoms with Crippen LogP contribution in [0.4, 0.5) is 11.6 Å². The van der Waals surface area contributed by atoms with Crippen molar-refractivity contribution in [1.82, 2.24) is 19.7 Å². The molecular weight excluding hydrogens is 232 g/mol. The van der Waals surface area contributed by atoms with Crippen LogP contribution in [0.5, 0.6) is 0 Å². The average molecular weight is 248 g/mol. The third kappa shape index (κ3) is 2.68. The molecule has 0 aliphatic rings. The van der Waals surface area contributed by atoms with E-state index in [0.717, 1.165) is 0 Å². The summed E-state index contributed by atoms with van der Waals surface area (Å²) in [5.41, 5.74) is 6.38. The smallest absolute Gasteiger partial charge is 0.221 e. The van der Waals surface area contributed by atoms with Gasteiger partial charge < -0.3 is 20.8 Å². The summed E-state index contributed by atoms with van der Waals surface area (Å²) in [6.07, 6.45) is 5.54. The van der Waals surface area contributed by atoms with E-state index in [-0.39, 0.29) is 5.91 Å². The zero-order valence-electron chi connectivity index (χ0n) is 10.2. The highest BCUT2D eigenvalue weighted by molar-refractivity contribution is 5.76. The van der Waals surface area contributed by atoms with Crippen LogP contribution in [-0.4, -0.2) is 33.4 Å². The Morgan fingerprint density at radius 1 is 1.56 bits per heavy atom. The van der Waals surface area contributed by atoms with Gasteiger partial charge in [0, 0.05) is 31.9 Å². The van der Waals surface area contributed by atoms with Crippen LogP contribution in [0.2, 0.25) is 0 Å². The second-order valence-corrected chi connectivity index (χ2v) is 3.80. The summed E-state index contributed by atoms with van der Waals surface area (Å²) in [7, 11) is 0. The van der Waals surface area contributed by atoms with E-state index in [2.05, 4.69) is 20.6 Å². The zero-order chi connectivity index (χ0) is 13.0. The minimum Gasteiger partial charge on any atom is -0.382 e. The van der Waals surface area contributed by atoms with Gasteiger partial charge >= 0.3 is 0 Å². The molecule has 0 spiro atoms. The first kappa shape index (κ1) is 12.2. The van der Waals surface area contributed by atoms with E-state index >= 15 is 0 Å². The molecule has 0 fully saturated rings. The molecule has 2 rings (SSSR count). The SMILES string of the molecule is CCNC(=O)CCNc1nc(N)cn2ccnc12. The Labute approximate surface area is 104 Å². The summed E-state index contributed by atoms with van der Waals surface area (Å²) in [4.78, 5) is 19.6. The van der Waals surface area contributed by atoms with Crippen molar-refractivity contribution in [2.45, 2.75) is 13.3 Å². The lowest BCUT2D eigenvalue weighted by molar-refractivity contribution is -0.120. The summed E-state index contributed by atoms with van der Waals surface area (Å²) >= 11 is 0. The third-order valence-electron chi connectivity index (χ3n) is 2.41. The molecule has 18 heavy (non-hydrogen) atoms. The number of hydrogen-bond acceptors (Lipinski definition) is 5. The van der Waals surface area contributed by atoms with Crippen LogP contribution in [0.15, 0.2) is 18.6 Å². The lowest BCUT2D eigenvalue weighted by atomic mass is 10.4. The van der Waals surface area contributed by atoms with Crippen molar-refractivity contribution in [3.05, 3.63) is 18.6 Å². The first-order chi connectivity index (χ1) is 8.70. The van der Waals surface area contributed by atoms with Crippen LogP contribution in [0, 0.1) is 0 Å². The lowest BCUT2D eigenvalue weighted by Crippen LogP contribution is -2.25. The Kier molecular flexibility index (Phi) is 3.61. The zero-order valence-corrected chi connectivity index (χ0v) is 10.2. The van der Waals surface area contributed by atoms with E-state index in [1.165, 1.54) is 0 Å². The van der Waals surface area contributed by atoms with Crippen LogP contribution in [0.25, 0.3) is 5.65 Å². The van der Waals surface area contributed by atoms with Crippen molar-refractivity contribution >= 4 is 23.2 Å². The minimum atomic E-state index is 0.00765. The molecule has 0 radical (unpaired) electrons. The van der Waals surface area contributed by atoms with Crippen LogP contribution in [0.3, 0.4) is 0 Å². The summed E-state index contributed by atoms with van der Waals surface area (Å²) < 4.78 is 1.79. The fraction of sp³-hybridized carbons (Fsp3) is 0.364. The molecule has 2 aromatic rings. The Morgan fingerprint density at radius 3 is 3.17 bits per heavy atom.